The Hall–Kier alpha value is -2.58. The second kappa shape index (κ2) is 6.97. The van der Waals surface area contributed by atoms with Gasteiger partial charge in [0.2, 0.25) is 0 Å². The minimum atomic E-state index is -3.56. The SMILES string of the molecule is Cc1cccc2nc3cccc(C(=O)NC(C)COS(C)(=O)=O)c3nc12. The van der Waals surface area contributed by atoms with Gasteiger partial charge in [0.25, 0.3) is 16.0 Å². The van der Waals surface area contributed by atoms with Crippen molar-refractivity contribution in [2.24, 2.45) is 0 Å². The third kappa shape index (κ3) is 3.97. The summed E-state index contributed by atoms with van der Waals surface area (Å²) in [6.45, 7) is 3.47. The number of aryl methyl sites for hydroxylation is 1. The summed E-state index contributed by atoms with van der Waals surface area (Å²) in [5, 5.41) is 2.73. The van der Waals surface area contributed by atoms with Crippen molar-refractivity contribution in [2.45, 2.75) is 19.9 Å². The first-order chi connectivity index (χ1) is 12.2. The van der Waals surface area contributed by atoms with Crippen LogP contribution in [0, 0.1) is 6.92 Å². The Kier molecular flexibility index (Phi) is 4.88. The van der Waals surface area contributed by atoms with Crippen LogP contribution >= 0.6 is 0 Å². The lowest BCUT2D eigenvalue weighted by atomic mass is 10.1. The average Bonchev–Trinajstić information content (AvgIpc) is 2.57. The smallest absolute Gasteiger partial charge is 0.264 e. The van der Waals surface area contributed by atoms with Gasteiger partial charge in [-0.3, -0.25) is 8.98 Å². The Labute approximate surface area is 151 Å². The van der Waals surface area contributed by atoms with Gasteiger partial charge in [0.15, 0.2) is 0 Å². The molecule has 0 aliphatic rings. The highest BCUT2D eigenvalue weighted by atomic mass is 32.2. The molecule has 3 aromatic rings. The number of nitrogens with zero attached hydrogens (tertiary/aromatic N) is 2. The average molecular weight is 373 g/mol. The Morgan fingerprint density at radius 3 is 2.46 bits per heavy atom. The molecular formula is C18H19N3O4S. The summed E-state index contributed by atoms with van der Waals surface area (Å²) in [5.74, 6) is -0.359. The summed E-state index contributed by atoms with van der Waals surface area (Å²) in [6.07, 6.45) is 0.968. The standard InChI is InChI=1S/C18H19N3O4S/c1-11-6-4-8-14-16(11)21-17-13(7-5-9-15(17)20-14)18(22)19-12(2)10-25-26(3,23)24/h4-9,12H,10H2,1-3H3,(H,19,22). The first-order valence-corrected chi connectivity index (χ1v) is 9.87. The van der Waals surface area contributed by atoms with E-state index in [2.05, 4.69) is 15.3 Å². The molecule has 1 atom stereocenters. The molecule has 1 heterocycles. The maximum Gasteiger partial charge on any atom is 0.264 e. The number of amides is 1. The van der Waals surface area contributed by atoms with Crippen LogP contribution in [-0.2, 0) is 14.3 Å². The fraction of sp³-hybridized carbons (Fsp3) is 0.278. The summed E-state index contributed by atoms with van der Waals surface area (Å²) in [5.41, 5.74) is 3.99. The molecular weight excluding hydrogens is 354 g/mol. The first-order valence-electron chi connectivity index (χ1n) is 8.06. The number of fused-ring (bicyclic) bond motifs is 2. The van der Waals surface area contributed by atoms with Gasteiger partial charge in [0, 0.05) is 0 Å². The molecule has 1 aromatic heterocycles. The molecule has 0 bridgehead atoms. The second-order valence-corrected chi connectivity index (χ2v) is 7.85. The Morgan fingerprint density at radius 2 is 1.77 bits per heavy atom. The fourth-order valence-corrected chi connectivity index (χ4v) is 3.06. The maximum absolute atomic E-state index is 12.6. The molecule has 0 saturated carbocycles. The molecule has 0 saturated heterocycles. The lowest BCUT2D eigenvalue weighted by Crippen LogP contribution is -2.36. The fourth-order valence-electron chi connectivity index (χ4n) is 2.61. The van der Waals surface area contributed by atoms with E-state index in [4.69, 9.17) is 4.18 Å². The number of carbonyl (C=O) groups excluding carboxylic acids is 1. The molecule has 7 nitrogen and oxygen atoms in total. The zero-order valence-corrected chi connectivity index (χ0v) is 15.5. The summed E-state index contributed by atoms with van der Waals surface area (Å²) in [6, 6.07) is 10.5. The monoisotopic (exact) mass is 373 g/mol. The number of aromatic nitrogens is 2. The van der Waals surface area contributed by atoms with Crippen molar-refractivity contribution in [3.05, 3.63) is 47.5 Å². The number of para-hydroxylation sites is 2. The van der Waals surface area contributed by atoms with Crippen LogP contribution in [0.25, 0.3) is 22.1 Å². The number of nitrogens with one attached hydrogen (secondary N) is 1. The Morgan fingerprint density at radius 1 is 1.12 bits per heavy atom. The van der Waals surface area contributed by atoms with Crippen LogP contribution in [-0.4, -0.2) is 43.2 Å². The summed E-state index contributed by atoms with van der Waals surface area (Å²) in [7, 11) is -3.56. The second-order valence-electron chi connectivity index (χ2n) is 6.20. The lowest BCUT2D eigenvalue weighted by Gasteiger charge is -2.14. The van der Waals surface area contributed by atoms with E-state index in [1.807, 2.05) is 25.1 Å². The van der Waals surface area contributed by atoms with Crippen LogP contribution in [0.4, 0.5) is 0 Å². The Bertz CT molecular complexity index is 1100. The molecule has 1 N–H and O–H groups in total. The lowest BCUT2D eigenvalue weighted by molar-refractivity contribution is 0.0928. The van der Waals surface area contributed by atoms with E-state index in [9.17, 15) is 13.2 Å². The van der Waals surface area contributed by atoms with Gasteiger partial charge in [-0.05, 0) is 37.6 Å². The number of carbonyl (C=O) groups is 1. The number of rotatable bonds is 5. The van der Waals surface area contributed by atoms with E-state index in [0.717, 1.165) is 22.9 Å². The third-order valence-corrected chi connectivity index (χ3v) is 4.41. The molecule has 3 rings (SSSR count). The van der Waals surface area contributed by atoms with Crippen molar-refractivity contribution in [1.29, 1.82) is 0 Å². The number of hydrogen-bond acceptors (Lipinski definition) is 6. The minimum Gasteiger partial charge on any atom is -0.347 e. The third-order valence-electron chi connectivity index (χ3n) is 3.85. The Balaban J connectivity index is 1.94. The van der Waals surface area contributed by atoms with Crippen LogP contribution in [0.15, 0.2) is 36.4 Å². The quantitative estimate of drug-likeness (QED) is 0.544. The van der Waals surface area contributed by atoms with E-state index in [1.165, 1.54) is 0 Å². The van der Waals surface area contributed by atoms with Crippen molar-refractivity contribution >= 4 is 38.1 Å². The first kappa shape index (κ1) is 18.2. The van der Waals surface area contributed by atoms with E-state index >= 15 is 0 Å². The molecule has 2 aromatic carbocycles. The van der Waals surface area contributed by atoms with Gasteiger partial charge in [0.05, 0.1) is 41.0 Å². The molecule has 1 unspecified atom stereocenters. The molecule has 0 spiro atoms. The largest absolute Gasteiger partial charge is 0.347 e. The number of hydrogen-bond donors (Lipinski definition) is 1. The van der Waals surface area contributed by atoms with Crippen molar-refractivity contribution in [3.63, 3.8) is 0 Å². The zero-order valence-electron chi connectivity index (χ0n) is 14.7. The highest BCUT2D eigenvalue weighted by Crippen LogP contribution is 2.21. The van der Waals surface area contributed by atoms with Crippen LogP contribution < -0.4 is 5.32 Å². The molecule has 136 valence electrons. The number of benzene rings is 2. The van der Waals surface area contributed by atoms with Gasteiger partial charge in [0.1, 0.15) is 5.52 Å². The van der Waals surface area contributed by atoms with E-state index in [-0.39, 0.29) is 12.5 Å². The molecule has 0 radical (unpaired) electrons. The zero-order chi connectivity index (χ0) is 18.9. The van der Waals surface area contributed by atoms with E-state index in [1.54, 1.807) is 25.1 Å². The van der Waals surface area contributed by atoms with Gasteiger partial charge in [-0.15, -0.1) is 0 Å². The molecule has 0 fully saturated rings. The van der Waals surface area contributed by atoms with Crippen molar-refractivity contribution in [3.8, 4) is 0 Å². The molecule has 0 aliphatic carbocycles. The van der Waals surface area contributed by atoms with Crippen LogP contribution in [0.1, 0.15) is 22.8 Å². The maximum atomic E-state index is 12.6. The van der Waals surface area contributed by atoms with Crippen LogP contribution in [0.5, 0.6) is 0 Å². The van der Waals surface area contributed by atoms with E-state index < -0.39 is 16.2 Å². The highest BCUT2D eigenvalue weighted by Gasteiger charge is 2.16. The van der Waals surface area contributed by atoms with Crippen molar-refractivity contribution in [2.75, 3.05) is 12.9 Å². The highest BCUT2D eigenvalue weighted by molar-refractivity contribution is 7.85. The predicted octanol–water partition coefficient (Wildman–Crippen LogP) is 2.19. The van der Waals surface area contributed by atoms with Gasteiger partial charge >= 0.3 is 0 Å². The van der Waals surface area contributed by atoms with E-state index in [0.29, 0.717) is 16.6 Å². The van der Waals surface area contributed by atoms with Gasteiger partial charge in [-0.2, -0.15) is 8.42 Å². The topological polar surface area (TPSA) is 98.2 Å². The summed E-state index contributed by atoms with van der Waals surface area (Å²) < 4.78 is 26.9. The van der Waals surface area contributed by atoms with Crippen molar-refractivity contribution in [1.82, 2.24) is 15.3 Å². The predicted molar refractivity (Wildman–Crippen MR) is 99.5 cm³/mol. The van der Waals surface area contributed by atoms with Gasteiger partial charge < -0.3 is 5.32 Å². The molecule has 8 heteroatoms. The summed E-state index contributed by atoms with van der Waals surface area (Å²) >= 11 is 0. The van der Waals surface area contributed by atoms with Gasteiger partial charge in [-0.25, -0.2) is 9.97 Å². The van der Waals surface area contributed by atoms with Crippen LogP contribution in [0.3, 0.4) is 0 Å². The van der Waals surface area contributed by atoms with Crippen LogP contribution in [0.2, 0.25) is 0 Å². The minimum absolute atomic E-state index is 0.136. The van der Waals surface area contributed by atoms with Gasteiger partial charge in [-0.1, -0.05) is 18.2 Å². The normalized spacial score (nSPS) is 13.0. The molecule has 0 aliphatic heterocycles. The summed E-state index contributed by atoms with van der Waals surface area (Å²) in [4.78, 5) is 21.9. The van der Waals surface area contributed by atoms with Crippen molar-refractivity contribution < 1.29 is 17.4 Å². The molecule has 1 amide bonds. The molecule has 26 heavy (non-hydrogen) atoms.